The van der Waals surface area contributed by atoms with Gasteiger partial charge >= 0.3 is 0 Å². The molecule has 0 saturated carbocycles. The topological polar surface area (TPSA) is 49.6 Å². The third-order valence-electron chi connectivity index (χ3n) is 2.68. The van der Waals surface area contributed by atoms with E-state index in [1.165, 1.54) is 11.3 Å². The molecule has 0 bridgehead atoms. The molecule has 0 N–H and O–H groups in total. The normalized spacial score (nSPS) is 11.5. The molecular formula is C15H8ClN3S. The van der Waals surface area contributed by atoms with Crippen LogP contribution in [0.1, 0.15) is 10.7 Å². The highest BCUT2D eigenvalue weighted by atomic mass is 35.5. The van der Waals surface area contributed by atoms with E-state index in [1.807, 2.05) is 30.3 Å². The Hall–Kier alpha value is -2.22. The van der Waals surface area contributed by atoms with Crippen LogP contribution in [-0.2, 0) is 0 Å². The van der Waals surface area contributed by atoms with Crippen LogP contribution >= 0.6 is 22.9 Å². The monoisotopic (exact) mass is 297 g/mol. The fourth-order valence-corrected chi connectivity index (χ4v) is 2.85. The minimum absolute atomic E-state index is 0.501. The summed E-state index contributed by atoms with van der Waals surface area (Å²) in [7, 11) is 0. The van der Waals surface area contributed by atoms with Gasteiger partial charge in [0.15, 0.2) is 0 Å². The molecule has 96 valence electrons. The van der Waals surface area contributed by atoms with Gasteiger partial charge in [-0.15, -0.1) is 11.3 Å². The lowest BCUT2D eigenvalue weighted by Gasteiger charge is -1.93. The van der Waals surface area contributed by atoms with E-state index in [9.17, 15) is 5.26 Å². The maximum absolute atomic E-state index is 9.32. The quantitative estimate of drug-likeness (QED) is 0.658. The van der Waals surface area contributed by atoms with Gasteiger partial charge in [0.05, 0.1) is 21.5 Å². The second-order valence-electron chi connectivity index (χ2n) is 4.06. The van der Waals surface area contributed by atoms with Crippen molar-refractivity contribution in [3.05, 3.63) is 58.3 Å². The van der Waals surface area contributed by atoms with Gasteiger partial charge < -0.3 is 0 Å². The Morgan fingerprint density at radius 3 is 2.95 bits per heavy atom. The number of allylic oxidation sites excluding steroid dienone is 1. The van der Waals surface area contributed by atoms with E-state index in [4.69, 9.17) is 11.6 Å². The van der Waals surface area contributed by atoms with Crippen molar-refractivity contribution in [1.82, 2.24) is 9.97 Å². The van der Waals surface area contributed by atoms with Crippen molar-refractivity contribution in [1.29, 1.82) is 5.26 Å². The van der Waals surface area contributed by atoms with Gasteiger partial charge in [-0.05, 0) is 36.4 Å². The first-order valence-electron chi connectivity index (χ1n) is 5.85. The fourth-order valence-electron chi connectivity index (χ4n) is 1.77. The van der Waals surface area contributed by atoms with E-state index in [1.54, 1.807) is 18.3 Å². The number of hydrogen-bond donors (Lipinski definition) is 0. The number of thiazole rings is 1. The van der Waals surface area contributed by atoms with E-state index in [2.05, 4.69) is 16.0 Å². The van der Waals surface area contributed by atoms with Gasteiger partial charge in [-0.2, -0.15) is 5.26 Å². The summed E-state index contributed by atoms with van der Waals surface area (Å²) in [6.07, 6.45) is 3.43. The van der Waals surface area contributed by atoms with Gasteiger partial charge in [-0.3, -0.25) is 4.98 Å². The van der Waals surface area contributed by atoms with Gasteiger partial charge in [0, 0.05) is 11.2 Å². The molecule has 0 radical (unpaired) electrons. The molecule has 0 atom stereocenters. The summed E-state index contributed by atoms with van der Waals surface area (Å²) in [6.45, 7) is 0. The van der Waals surface area contributed by atoms with Gasteiger partial charge in [0.25, 0.3) is 0 Å². The largest absolute Gasteiger partial charge is 0.257 e. The van der Waals surface area contributed by atoms with Crippen molar-refractivity contribution >= 4 is 44.8 Å². The maximum Gasteiger partial charge on any atom is 0.135 e. The molecule has 1 aromatic carbocycles. The first kappa shape index (κ1) is 12.8. The summed E-state index contributed by atoms with van der Waals surface area (Å²) < 4.78 is 1.01. The van der Waals surface area contributed by atoms with E-state index >= 15 is 0 Å². The molecule has 0 unspecified atom stereocenters. The number of nitrogens with zero attached hydrogens (tertiary/aromatic N) is 3. The lowest BCUT2D eigenvalue weighted by atomic mass is 10.2. The second-order valence-corrected chi connectivity index (χ2v) is 5.52. The number of nitriles is 1. The van der Waals surface area contributed by atoms with Crippen molar-refractivity contribution in [2.75, 3.05) is 0 Å². The van der Waals surface area contributed by atoms with Crippen molar-refractivity contribution in [3.63, 3.8) is 0 Å². The van der Waals surface area contributed by atoms with Gasteiger partial charge in [-0.25, -0.2) is 4.98 Å². The molecule has 3 aromatic rings. The van der Waals surface area contributed by atoms with Crippen LogP contribution in [0.15, 0.2) is 42.6 Å². The van der Waals surface area contributed by atoms with Gasteiger partial charge in [0.2, 0.25) is 0 Å². The van der Waals surface area contributed by atoms with Gasteiger partial charge in [0.1, 0.15) is 11.1 Å². The number of pyridine rings is 1. The van der Waals surface area contributed by atoms with Crippen LogP contribution in [0.3, 0.4) is 0 Å². The highest BCUT2D eigenvalue weighted by Gasteiger charge is 2.09. The fraction of sp³-hybridized carbons (Fsp3) is 0. The Morgan fingerprint density at radius 2 is 2.20 bits per heavy atom. The molecule has 3 nitrogen and oxygen atoms in total. The van der Waals surface area contributed by atoms with E-state index in [0.29, 0.717) is 15.6 Å². The van der Waals surface area contributed by atoms with Crippen LogP contribution in [0, 0.1) is 11.3 Å². The highest BCUT2D eigenvalue weighted by molar-refractivity contribution is 7.19. The van der Waals surface area contributed by atoms with Crippen LogP contribution < -0.4 is 0 Å². The molecule has 0 aliphatic rings. The molecule has 0 amide bonds. The van der Waals surface area contributed by atoms with Gasteiger partial charge in [-0.1, -0.05) is 17.7 Å². The standard InChI is InChI=1S/C15H8ClN3S/c16-11-4-5-14-13(8-11)19-15(20-14)10(9-17)7-12-3-1-2-6-18-12/h1-8H/b10-7+. The average molecular weight is 298 g/mol. The maximum atomic E-state index is 9.32. The third kappa shape index (κ3) is 2.55. The highest BCUT2D eigenvalue weighted by Crippen LogP contribution is 2.29. The van der Waals surface area contributed by atoms with Crippen molar-refractivity contribution < 1.29 is 0 Å². The molecule has 5 heteroatoms. The predicted octanol–water partition coefficient (Wildman–Crippen LogP) is 4.41. The lowest BCUT2D eigenvalue weighted by molar-refractivity contribution is 1.29. The number of benzene rings is 1. The first-order valence-corrected chi connectivity index (χ1v) is 7.05. The Kier molecular flexibility index (Phi) is 3.46. The van der Waals surface area contributed by atoms with Crippen LogP contribution in [0.4, 0.5) is 0 Å². The molecule has 0 saturated heterocycles. The number of hydrogen-bond acceptors (Lipinski definition) is 4. The predicted molar refractivity (Wildman–Crippen MR) is 82.4 cm³/mol. The molecular weight excluding hydrogens is 290 g/mol. The van der Waals surface area contributed by atoms with E-state index < -0.39 is 0 Å². The Labute approximate surface area is 124 Å². The molecule has 0 aliphatic heterocycles. The summed E-state index contributed by atoms with van der Waals surface area (Å²) in [5.41, 5.74) is 2.04. The zero-order chi connectivity index (χ0) is 13.9. The molecule has 3 rings (SSSR count). The minimum atomic E-state index is 0.501. The summed E-state index contributed by atoms with van der Waals surface area (Å²) in [4.78, 5) is 8.64. The number of fused-ring (bicyclic) bond motifs is 1. The van der Waals surface area contributed by atoms with Crippen LogP contribution in [0.2, 0.25) is 5.02 Å². The Balaban J connectivity index is 2.08. The molecule has 0 fully saturated rings. The zero-order valence-electron chi connectivity index (χ0n) is 10.2. The van der Waals surface area contributed by atoms with Crippen molar-refractivity contribution in [2.45, 2.75) is 0 Å². The first-order chi connectivity index (χ1) is 9.76. The SMILES string of the molecule is N#C/C(=C\c1ccccn1)c1nc2cc(Cl)ccc2s1. The summed E-state index contributed by atoms with van der Waals surface area (Å²) in [6, 6.07) is 13.3. The average Bonchev–Trinajstić information content (AvgIpc) is 2.88. The molecule has 20 heavy (non-hydrogen) atoms. The number of halogens is 1. The lowest BCUT2D eigenvalue weighted by Crippen LogP contribution is -1.82. The number of rotatable bonds is 2. The summed E-state index contributed by atoms with van der Waals surface area (Å²) in [5, 5.41) is 10.6. The molecule has 2 aromatic heterocycles. The summed E-state index contributed by atoms with van der Waals surface area (Å²) in [5.74, 6) is 0. The van der Waals surface area contributed by atoms with Crippen molar-refractivity contribution in [2.24, 2.45) is 0 Å². The molecule has 0 spiro atoms. The minimum Gasteiger partial charge on any atom is -0.257 e. The second kappa shape index (κ2) is 5.41. The third-order valence-corrected chi connectivity index (χ3v) is 3.99. The van der Waals surface area contributed by atoms with E-state index in [-0.39, 0.29) is 0 Å². The van der Waals surface area contributed by atoms with Crippen LogP contribution in [0.5, 0.6) is 0 Å². The smallest absolute Gasteiger partial charge is 0.135 e. The molecule has 2 heterocycles. The Bertz CT molecular complexity index is 831. The Morgan fingerprint density at radius 1 is 1.30 bits per heavy atom. The zero-order valence-corrected chi connectivity index (χ0v) is 11.8. The molecule has 0 aliphatic carbocycles. The van der Waals surface area contributed by atoms with E-state index in [0.717, 1.165) is 15.9 Å². The summed E-state index contributed by atoms with van der Waals surface area (Å²) >= 11 is 7.42. The number of aromatic nitrogens is 2. The van der Waals surface area contributed by atoms with Crippen LogP contribution in [0.25, 0.3) is 21.9 Å². The van der Waals surface area contributed by atoms with Crippen LogP contribution in [-0.4, -0.2) is 9.97 Å². The van der Waals surface area contributed by atoms with Crippen molar-refractivity contribution in [3.8, 4) is 6.07 Å².